The maximum Gasteiger partial charge on any atom is 0.321 e. The minimum Gasteiger partial charge on any atom is -0.377 e. The third-order valence-corrected chi connectivity index (χ3v) is 7.97. The largest absolute Gasteiger partial charge is 0.377 e. The van der Waals surface area contributed by atoms with Crippen LogP contribution in [0.3, 0.4) is 0 Å². The molecule has 7 nitrogen and oxygen atoms in total. The zero-order valence-electron chi connectivity index (χ0n) is 18.1. The van der Waals surface area contributed by atoms with Crippen LogP contribution in [0.25, 0.3) is 10.2 Å². The van der Waals surface area contributed by atoms with Crippen molar-refractivity contribution in [2.75, 3.05) is 43.5 Å². The number of methoxy groups -OCH3 is 1. The number of carbonyl (C=O) groups excluding carboxylic acids is 1. The standard InChI is InChI=1S/C23H26BrN5O2S/c1-31-14-19-26-21(20-15-6-2-5-9-18(15)32-22(20)27-19)28-10-12-29(13-11-28)23(30)25-17-8-4-3-7-16(17)24/h3-4,7-8H,2,5-6,9-14H2,1H3,(H,25,30). The number of hydrogen-bond acceptors (Lipinski definition) is 6. The van der Waals surface area contributed by atoms with Crippen molar-refractivity contribution in [1.82, 2.24) is 14.9 Å². The van der Waals surface area contributed by atoms with Gasteiger partial charge >= 0.3 is 6.03 Å². The van der Waals surface area contributed by atoms with Gasteiger partial charge in [-0.25, -0.2) is 14.8 Å². The number of rotatable bonds is 4. The predicted octanol–water partition coefficient (Wildman–Crippen LogP) is 4.83. The normalized spacial score (nSPS) is 16.3. The number of carbonyl (C=O) groups is 1. The summed E-state index contributed by atoms with van der Waals surface area (Å²) in [6.07, 6.45) is 4.71. The van der Waals surface area contributed by atoms with E-state index in [2.05, 4.69) is 26.1 Å². The smallest absolute Gasteiger partial charge is 0.321 e. The van der Waals surface area contributed by atoms with Gasteiger partial charge in [-0.2, -0.15) is 0 Å². The van der Waals surface area contributed by atoms with Crippen LogP contribution in [0.2, 0.25) is 0 Å². The van der Waals surface area contributed by atoms with E-state index in [-0.39, 0.29) is 6.03 Å². The fraction of sp³-hybridized carbons (Fsp3) is 0.435. The summed E-state index contributed by atoms with van der Waals surface area (Å²) in [6.45, 7) is 3.18. The third-order valence-electron chi connectivity index (χ3n) is 6.10. The number of amides is 2. The number of nitrogens with one attached hydrogen (secondary N) is 1. The Bertz CT molecular complexity index is 1140. The summed E-state index contributed by atoms with van der Waals surface area (Å²) in [5, 5.41) is 4.23. The van der Waals surface area contributed by atoms with E-state index < -0.39 is 0 Å². The number of fused-ring (bicyclic) bond motifs is 3. The Morgan fingerprint density at radius 2 is 1.94 bits per heavy atom. The highest BCUT2D eigenvalue weighted by Crippen LogP contribution is 2.40. The van der Waals surface area contributed by atoms with Crippen molar-refractivity contribution in [3.8, 4) is 0 Å². The Morgan fingerprint density at radius 1 is 1.16 bits per heavy atom. The van der Waals surface area contributed by atoms with Gasteiger partial charge < -0.3 is 19.9 Å². The lowest BCUT2D eigenvalue weighted by atomic mass is 9.97. The molecule has 5 rings (SSSR count). The number of thiophene rings is 1. The number of benzene rings is 1. The third kappa shape index (κ3) is 4.21. The number of halogens is 1. The van der Waals surface area contributed by atoms with Crippen molar-refractivity contribution in [3.63, 3.8) is 0 Å². The summed E-state index contributed by atoms with van der Waals surface area (Å²) < 4.78 is 6.21. The van der Waals surface area contributed by atoms with Crippen molar-refractivity contribution in [2.45, 2.75) is 32.3 Å². The molecule has 2 aliphatic rings. The lowest BCUT2D eigenvalue weighted by Gasteiger charge is -2.36. The van der Waals surface area contributed by atoms with Crippen LogP contribution in [-0.2, 0) is 24.2 Å². The lowest BCUT2D eigenvalue weighted by Crippen LogP contribution is -2.50. The molecule has 3 aromatic rings. The van der Waals surface area contributed by atoms with Crippen molar-refractivity contribution in [3.05, 3.63) is 45.0 Å². The molecule has 1 saturated heterocycles. The first-order chi connectivity index (χ1) is 15.6. The van der Waals surface area contributed by atoms with Gasteiger partial charge in [0.05, 0.1) is 11.1 Å². The van der Waals surface area contributed by atoms with Crippen molar-refractivity contribution in [1.29, 1.82) is 0 Å². The summed E-state index contributed by atoms with van der Waals surface area (Å²) >= 11 is 5.31. The van der Waals surface area contributed by atoms with E-state index in [4.69, 9.17) is 14.7 Å². The van der Waals surface area contributed by atoms with Gasteiger partial charge in [0.2, 0.25) is 0 Å². The number of aromatic nitrogens is 2. The molecule has 32 heavy (non-hydrogen) atoms. The van der Waals surface area contributed by atoms with Gasteiger partial charge in [-0.15, -0.1) is 11.3 Å². The minimum absolute atomic E-state index is 0.0719. The first-order valence-electron chi connectivity index (χ1n) is 11.0. The van der Waals surface area contributed by atoms with E-state index in [1.807, 2.05) is 40.5 Å². The monoisotopic (exact) mass is 515 g/mol. The molecule has 0 radical (unpaired) electrons. The second-order valence-electron chi connectivity index (χ2n) is 8.17. The van der Waals surface area contributed by atoms with Gasteiger partial charge in [-0.3, -0.25) is 0 Å². The maximum atomic E-state index is 12.8. The molecule has 2 amide bonds. The Morgan fingerprint density at radius 3 is 2.72 bits per heavy atom. The number of para-hydroxylation sites is 1. The summed E-state index contributed by atoms with van der Waals surface area (Å²) in [5.41, 5.74) is 2.22. The number of aryl methyl sites for hydroxylation is 2. The summed E-state index contributed by atoms with van der Waals surface area (Å²) in [4.78, 5) is 29.2. The summed E-state index contributed by atoms with van der Waals surface area (Å²) in [6, 6.07) is 7.59. The van der Waals surface area contributed by atoms with Crippen LogP contribution >= 0.6 is 27.3 Å². The van der Waals surface area contributed by atoms with E-state index in [0.717, 1.165) is 52.6 Å². The van der Waals surface area contributed by atoms with Gasteiger partial charge in [0, 0.05) is 42.6 Å². The summed E-state index contributed by atoms with van der Waals surface area (Å²) in [5.74, 6) is 1.73. The number of urea groups is 1. The molecule has 0 spiro atoms. The average molecular weight is 516 g/mol. The number of nitrogens with zero attached hydrogens (tertiary/aromatic N) is 4. The summed E-state index contributed by atoms with van der Waals surface area (Å²) in [7, 11) is 1.68. The zero-order chi connectivity index (χ0) is 22.1. The van der Waals surface area contributed by atoms with Crippen molar-refractivity contribution >= 4 is 55.0 Å². The van der Waals surface area contributed by atoms with E-state index in [9.17, 15) is 4.79 Å². The number of anilines is 2. The molecule has 0 unspecified atom stereocenters. The van der Waals surface area contributed by atoms with Gasteiger partial charge in [0.15, 0.2) is 5.82 Å². The zero-order valence-corrected chi connectivity index (χ0v) is 20.5. The van der Waals surface area contributed by atoms with E-state index in [1.54, 1.807) is 7.11 Å². The Hall–Kier alpha value is -2.23. The Kier molecular flexibility index (Phi) is 6.30. The number of ether oxygens (including phenoxy) is 1. The maximum absolute atomic E-state index is 12.8. The highest BCUT2D eigenvalue weighted by molar-refractivity contribution is 9.10. The second kappa shape index (κ2) is 9.33. The molecule has 1 aliphatic carbocycles. The molecule has 1 aliphatic heterocycles. The minimum atomic E-state index is -0.0719. The van der Waals surface area contributed by atoms with Crippen LogP contribution in [0, 0.1) is 0 Å². The molecular weight excluding hydrogens is 490 g/mol. The molecule has 1 aromatic carbocycles. The van der Waals surface area contributed by atoms with Crippen LogP contribution in [0.5, 0.6) is 0 Å². The molecule has 3 heterocycles. The van der Waals surface area contributed by atoms with Crippen molar-refractivity contribution in [2.24, 2.45) is 0 Å². The topological polar surface area (TPSA) is 70.6 Å². The van der Waals surface area contributed by atoms with E-state index >= 15 is 0 Å². The first-order valence-corrected chi connectivity index (χ1v) is 12.6. The SMILES string of the molecule is COCc1nc(N2CCN(C(=O)Nc3ccccc3Br)CC2)c2c3c(sc2n1)CCCC3. The van der Waals surface area contributed by atoms with Crippen LogP contribution in [0.15, 0.2) is 28.7 Å². The quantitative estimate of drug-likeness (QED) is 0.538. The Balaban J connectivity index is 1.37. The fourth-order valence-electron chi connectivity index (χ4n) is 4.48. The molecule has 1 N–H and O–H groups in total. The van der Waals surface area contributed by atoms with Gasteiger partial charge in [-0.05, 0) is 59.3 Å². The second-order valence-corrected chi connectivity index (χ2v) is 10.1. The highest BCUT2D eigenvalue weighted by atomic mass is 79.9. The molecule has 2 aromatic heterocycles. The van der Waals surface area contributed by atoms with Gasteiger partial charge in [0.1, 0.15) is 17.3 Å². The average Bonchev–Trinajstić information content (AvgIpc) is 3.19. The first kappa shape index (κ1) is 21.6. The molecular formula is C23H26BrN5O2S. The van der Waals surface area contributed by atoms with Crippen LogP contribution in [0.1, 0.15) is 29.1 Å². The van der Waals surface area contributed by atoms with Crippen molar-refractivity contribution < 1.29 is 9.53 Å². The fourth-order valence-corrected chi connectivity index (χ4v) is 6.14. The van der Waals surface area contributed by atoms with E-state index in [0.29, 0.717) is 19.7 Å². The van der Waals surface area contributed by atoms with Crippen LogP contribution in [0.4, 0.5) is 16.3 Å². The lowest BCUT2D eigenvalue weighted by molar-refractivity contribution is 0.178. The number of piperazine rings is 1. The molecule has 168 valence electrons. The predicted molar refractivity (Wildman–Crippen MR) is 132 cm³/mol. The van der Waals surface area contributed by atoms with E-state index in [1.165, 1.54) is 28.7 Å². The Labute approximate surface area is 199 Å². The highest BCUT2D eigenvalue weighted by Gasteiger charge is 2.27. The van der Waals surface area contributed by atoms with Crippen LogP contribution in [-0.4, -0.2) is 54.2 Å². The molecule has 1 fully saturated rings. The van der Waals surface area contributed by atoms with Crippen LogP contribution < -0.4 is 10.2 Å². The molecule has 0 bridgehead atoms. The number of hydrogen-bond donors (Lipinski definition) is 1. The van der Waals surface area contributed by atoms with Gasteiger partial charge in [-0.1, -0.05) is 12.1 Å². The van der Waals surface area contributed by atoms with Gasteiger partial charge in [0.25, 0.3) is 0 Å². The molecule has 9 heteroatoms. The molecule has 0 atom stereocenters. The molecule has 0 saturated carbocycles.